The van der Waals surface area contributed by atoms with Crippen LogP contribution in [0.1, 0.15) is 12.0 Å². The van der Waals surface area contributed by atoms with E-state index in [1.54, 1.807) is 0 Å². The summed E-state index contributed by atoms with van der Waals surface area (Å²) in [6, 6.07) is 10.1. The predicted molar refractivity (Wildman–Crippen MR) is 60.9 cm³/mol. The van der Waals surface area contributed by atoms with Crippen molar-refractivity contribution in [3.8, 4) is 6.07 Å². The van der Waals surface area contributed by atoms with Gasteiger partial charge in [-0.1, -0.05) is 12.1 Å². The lowest BCUT2D eigenvalue weighted by Crippen LogP contribution is -2.28. The van der Waals surface area contributed by atoms with E-state index in [9.17, 15) is 0 Å². The lowest BCUT2D eigenvalue weighted by Gasteiger charge is -2.23. The molecule has 0 spiro atoms. The molecule has 1 fully saturated rings. The second kappa shape index (κ2) is 4.81. The number of anilines is 1. The van der Waals surface area contributed by atoms with Gasteiger partial charge >= 0.3 is 0 Å². The largest absolute Gasteiger partial charge is 0.369 e. The predicted octanol–water partition coefficient (Wildman–Crippen LogP) is 1.36. The smallest absolute Gasteiger partial charge is 0.101 e. The molecular weight excluding hydrogens is 186 g/mol. The van der Waals surface area contributed by atoms with E-state index < -0.39 is 0 Å². The van der Waals surface area contributed by atoms with Crippen molar-refractivity contribution < 1.29 is 0 Å². The number of hydrogen-bond acceptors (Lipinski definition) is 3. The maximum atomic E-state index is 9.03. The molecular formula is C12H15N3. The summed E-state index contributed by atoms with van der Waals surface area (Å²) in [5, 5.41) is 12.4. The molecule has 1 aromatic carbocycles. The zero-order valence-electron chi connectivity index (χ0n) is 8.74. The Hall–Kier alpha value is -1.53. The van der Waals surface area contributed by atoms with Crippen molar-refractivity contribution in [1.29, 1.82) is 5.26 Å². The molecule has 1 heterocycles. The summed E-state index contributed by atoms with van der Waals surface area (Å²) in [6.45, 7) is 4.09. The quantitative estimate of drug-likeness (QED) is 0.745. The third kappa shape index (κ3) is 2.28. The van der Waals surface area contributed by atoms with E-state index >= 15 is 0 Å². The molecule has 0 radical (unpaired) electrons. The average Bonchev–Trinajstić information content (AvgIpc) is 2.57. The van der Waals surface area contributed by atoms with Gasteiger partial charge in [0.2, 0.25) is 0 Å². The molecule has 1 saturated heterocycles. The average molecular weight is 201 g/mol. The molecule has 15 heavy (non-hydrogen) atoms. The van der Waals surface area contributed by atoms with Crippen LogP contribution in [-0.4, -0.2) is 26.2 Å². The number of hydrogen-bond donors (Lipinski definition) is 1. The van der Waals surface area contributed by atoms with Gasteiger partial charge in [-0.25, -0.2) is 0 Å². The molecule has 1 N–H and O–H groups in total. The maximum absolute atomic E-state index is 9.03. The van der Waals surface area contributed by atoms with Crippen LogP contribution in [0.2, 0.25) is 0 Å². The molecule has 3 heteroatoms. The standard InChI is InChI=1S/C12H15N3/c13-10-11-4-1-2-5-12(11)15-8-3-6-14-7-9-15/h1-2,4-5,14H,3,6-9H2. The van der Waals surface area contributed by atoms with Crippen LogP contribution in [0.5, 0.6) is 0 Å². The highest BCUT2D eigenvalue weighted by molar-refractivity contribution is 5.59. The number of rotatable bonds is 1. The van der Waals surface area contributed by atoms with Crippen LogP contribution in [0.4, 0.5) is 5.69 Å². The first-order valence-electron chi connectivity index (χ1n) is 5.36. The van der Waals surface area contributed by atoms with Gasteiger partial charge in [-0.05, 0) is 25.1 Å². The Morgan fingerprint density at radius 2 is 2.07 bits per heavy atom. The lowest BCUT2D eigenvalue weighted by molar-refractivity contribution is 0.724. The zero-order valence-corrected chi connectivity index (χ0v) is 8.74. The molecule has 0 amide bonds. The number of nitrogens with one attached hydrogen (secondary N) is 1. The maximum Gasteiger partial charge on any atom is 0.101 e. The molecule has 0 saturated carbocycles. The van der Waals surface area contributed by atoms with E-state index in [1.165, 1.54) is 0 Å². The molecule has 1 aliphatic rings. The molecule has 0 atom stereocenters. The van der Waals surface area contributed by atoms with E-state index in [0.29, 0.717) is 0 Å². The number of benzene rings is 1. The van der Waals surface area contributed by atoms with Crippen LogP contribution >= 0.6 is 0 Å². The first kappa shape index (κ1) is 10.0. The van der Waals surface area contributed by atoms with Gasteiger partial charge in [0.15, 0.2) is 0 Å². The molecule has 0 aliphatic carbocycles. The fourth-order valence-electron chi connectivity index (χ4n) is 1.93. The van der Waals surface area contributed by atoms with Crippen molar-refractivity contribution in [2.24, 2.45) is 0 Å². The van der Waals surface area contributed by atoms with E-state index in [2.05, 4.69) is 16.3 Å². The van der Waals surface area contributed by atoms with Gasteiger partial charge in [0, 0.05) is 19.6 Å². The Labute approximate surface area is 90.3 Å². The molecule has 0 bridgehead atoms. The third-order valence-corrected chi connectivity index (χ3v) is 2.71. The molecule has 1 aromatic rings. The minimum absolute atomic E-state index is 0.777. The normalized spacial score (nSPS) is 16.9. The van der Waals surface area contributed by atoms with Gasteiger partial charge in [0.1, 0.15) is 6.07 Å². The summed E-state index contributed by atoms with van der Waals surface area (Å²) in [5.41, 5.74) is 1.85. The van der Waals surface area contributed by atoms with Crippen molar-refractivity contribution in [1.82, 2.24) is 5.32 Å². The first-order valence-corrected chi connectivity index (χ1v) is 5.36. The molecule has 78 valence electrons. The molecule has 0 aromatic heterocycles. The number of nitriles is 1. The van der Waals surface area contributed by atoms with Crippen molar-refractivity contribution in [3.05, 3.63) is 29.8 Å². The monoisotopic (exact) mass is 201 g/mol. The van der Waals surface area contributed by atoms with E-state index in [4.69, 9.17) is 5.26 Å². The zero-order chi connectivity index (χ0) is 10.5. The number of para-hydroxylation sites is 1. The molecule has 1 aliphatic heterocycles. The SMILES string of the molecule is N#Cc1ccccc1N1CCCNCC1. The summed E-state index contributed by atoms with van der Waals surface area (Å²) >= 11 is 0. The summed E-state index contributed by atoms with van der Waals surface area (Å²) in [4.78, 5) is 2.29. The topological polar surface area (TPSA) is 39.1 Å². The fraction of sp³-hybridized carbons (Fsp3) is 0.417. The van der Waals surface area contributed by atoms with Crippen LogP contribution in [0.3, 0.4) is 0 Å². The first-order chi connectivity index (χ1) is 7.42. The summed E-state index contributed by atoms with van der Waals surface area (Å²) in [6.07, 6.45) is 1.14. The lowest BCUT2D eigenvalue weighted by atomic mass is 10.1. The minimum atomic E-state index is 0.777. The highest BCUT2D eigenvalue weighted by Gasteiger charge is 2.12. The molecule has 0 unspecified atom stereocenters. The summed E-state index contributed by atoms with van der Waals surface area (Å²) < 4.78 is 0. The van der Waals surface area contributed by atoms with Crippen LogP contribution < -0.4 is 10.2 Å². The van der Waals surface area contributed by atoms with E-state index in [1.807, 2.05) is 24.3 Å². The Bertz CT molecular complexity index is 359. The Balaban J connectivity index is 2.23. The Morgan fingerprint density at radius 3 is 2.93 bits per heavy atom. The van der Waals surface area contributed by atoms with Crippen LogP contribution in [-0.2, 0) is 0 Å². The van der Waals surface area contributed by atoms with Crippen LogP contribution in [0, 0.1) is 11.3 Å². The van der Waals surface area contributed by atoms with Gasteiger partial charge in [-0.3, -0.25) is 0 Å². The summed E-state index contributed by atoms with van der Waals surface area (Å²) in [5.74, 6) is 0. The second-order valence-electron chi connectivity index (χ2n) is 3.72. The van der Waals surface area contributed by atoms with Crippen molar-refractivity contribution in [2.75, 3.05) is 31.1 Å². The van der Waals surface area contributed by atoms with E-state index in [0.717, 1.165) is 43.9 Å². The Morgan fingerprint density at radius 1 is 1.20 bits per heavy atom. The Kier molecular flexibility index (Phi) is 3.21. The van der Waals surface area contributed by atoms with Gasteiger partial charge in [0.25, 0.3) is 0 Å². The van der Waals surface area contributed by atoms with E-state index in [-0.39, 0.29) is 0 Å². The van der Waals surface area contributed by atoms with Crippen molar-refractivity contribution in [3.63, 3.8) is 0 Å². The minimum Gasteiger partial charge on any atom is -0.369 e. The summed E-state index contributed by atoms with van der Waals surface area (Å²) in [7, 11) is 0. The number of nitrogens with zero attached hydrogens (tertiary/aromatic N) is 2. The van der Waals surface area contributed by atoms with Gasteiger partial charge < -0.3 is 10.2 Å². The molecule has 3 nitrogen and oxygen atoms in total. The second-order valence-corrected chi connectivity index (χ2v) is 3.72. The van der Waals surface area contributed by atoms with Crippen LogP contribution in [0.15, 0.2) is 24.3 Å². The van der Waals surface area contributed by atoms with Gasteiger partial charge in [-0.2, -0.15) is 5.26 Å². The third-order valence-electron chi connectivity index (χ3n) is 2.71. The fourth-order valence-corrected chi connectivity index (χ4v) is 1.93. The highest BCUT2D eigenvalue weighted by Crippen LogP contribution is 2.19. The van der Waals surface area contributed by atoms with Crippen molar-refractivity contribution in [2.45, 2.75) is 6.42 Å². The van der Waals surface area contributed by atoms with Gasteiger partial charge in [0.05, 0.1) is 11.3 Å². The van der Waals surface area contributed by atoms with Crippen LogP contribution in [0.25, 0.3) is 0 Å². The molecule has 2 rings (SSSR count). The highest BCUT2D eigenvalue weighted by atomic mass is 15.2. The van der Waals surface area contributed by atoms with Gasteiger partial charge in [-0.15, -0.1) is 0 Å². The van der Waals surface area contributed by atoms with Crippen molar-refractivity contribution >= 4 is 5.69 Å².